The van der Waals surface area contributed by atoms with Crippen LogP contribution in [0.4, 0.5) is 5.69 Å². The van der Waals surface area contributed by atoms with E-state index in [0.29, 0.717) is 17.0 Å². The molecule has 1 aliphatic rings. The highest BCUT2D eigenvalue weighted by molar-refractivity contribution is 6.51. The van der Waals surface area contributed by atoms with Crippen molar-refractivity contribution in [2.24, 2.45) is 0 Å². The molecule has 0 spiro atoms. The van der Waals surface area contributed by atoms with Crippen LogP contribution in [0.2, 0.25) is 5.02 Å². The molecular weight excluding hydrogens is 510 g/mol. The predicted octanol–water partition coefficient (Wildman–Crippen LogP) is 5.53. The number of benzene rings is 3. The number of anilines is 1. The SMILES string of the molecule is COc1cc(OC)c(/C(O)=C2\C(=O)C(=O)N(c3ccc(C)c(C)c3)C2c2cccc(OC(C)=O)c2)cc1Cl. The molecule has 1 atom stereocenters. The Morgan fingerprint density at radius 3 is 2.29 bits per heavy atom. The number of esters is 1. The molecule has 3 aromatic carbocycles. The lowest BCUT2D eigenvalue weighted by Gasteiger charge is -2.26. The Hall–Kier alpha value is -4.30. The summed E-state index contributed by atoms with van der Waals surface area (Å²) in [6.07, 6.45) is 0. The Bertz CT molecular complexity index is 1490. The van der Waals surface area contributed by atoms with Gasteiger partial charge in [0, 0.05) is 18.7 Å². The van der Waals surface area contributed by atoms with Crippen LogP contribution in [-0.2, 0) is 14.4 Å². The number of halogens is 1. The lowest BCUT2D eigenvalue weighted by Crippen LogP contribution is -2.29. The molecular formula is C29H26ClNO7. The molecule has 1 heterocycles. The zero-order valence-corrected chi connectivity index (χ0v) is 22.3. The van der Waals surface area contributed by atoms with Gasteiger partial charge in [0.05, 0.1) is 36.4 Å². The monoisotopic (exact) mass is 535 g/mol. The summed E-state index contributed by atoms with van der Waals surface area (Å²) in [7, 11) is 2.83. The molecule has 4 rings (SSSR count). The summed E-state index contributed by atoms with van der Waals surface area (Å²) in [5.41, 5.74) is 2.78. The molecule has 1 N–H and O–H groups in total. The summed E-state index contributed by atoms with van der Waals surface area (Å²) in [6, 6.07) is 13.7. The number of methoxy groups -OCH3 is 2. The van der Waals surface area contributed by atoms with Gasteiger partial charge in [0.15, 0.2) is 0 Å². The quantitative estimate of drug-likeness (QED) is 0.146. The fourth-order valence-corrected chi connectivity index (χ4v) is 4.63. The van der Waals surface area contributed by atoms with Gasteiger partial charge in [-0.2, -0.15) is 0 Å². The highest BCUT2D eigenvalue weighted by Crippen LogP contribution is 2.45. The number of ketones is 1. The average Bonchev–Trinajstić information content (AvgIpc) is 3.15. The van der Waals surface area contributed by atoms with Crippen molar-refractivity contribution in [3.63, 3.8) is 0 Å². The Morgan fingerprint density at radius 1 is 0.947 bits per heavy atom. The van der Waals surface area contributed by atoms with E-state index in [1.54, 1.807) is 36.4 Å². The zero-order chi connectivity index (χ0) is 27.7. The number of ether oxygens (including phenoxy) is 3. The van der Waals surface area contributed by atoms with Crippen LogP contribution in [0.5, 0.6) is 17.2 Å². The Kier molecular flexibility index (Phi) is 7.46. The number of hydrogen-bond acceptors (Lipinski definition) is 7. The second-order valence-electron chi connectivity index (χ2n) is 8.79. The molecule has 3 aromatic rings. The summed E-state index contributed by atoms with van der Waals surface area (Å²) < 4.78 is 15.9. The number of rotatable bonds is 6. The average molecular weight is 536 g/mol. The topological polar surface area (TPSA) is 102 Å². The zero-order valence-electron chi connectivity index (χ0n) is 21.5. The van der Waals surface area contributed by atoms with Crippen molar-refractivity contribution >= 4 is 40.7 Å². The van der Waals surface area contributed by atoms with Gasteiger partial charge < -0.3 is 19.3 Å². The van der Waals surface area contributed by atoms with E-state index in [1.807, 2.05) is 19.9 Å². The van der Waals surface area contributed by atoms with Crippen LogP contribution in [0.25, 0.3) is 5.76 Å². The van der Waals surface area contributed by atoms with Gasteiger partial charge in [-0.1, -0.05) is 29.8 Å². The third kappa shape index (κ3) is 4.82. The van der Waals surface area contributed by atoms with Crippen LogP contribution in [0.15, 0.2) is 60.2 Å². The highest BCUT2D eigenvalue weighted by Gasteiger charge is 2.47. The molecule has 0 saturated carbocycles. The summed E-state index contributed by atoms with van der Waals surface area (Å²) in [5.74, 6) is -1.99. The third-order valence-corrected chi connectivity index (χ3v) is 6.67. The first-order valence-electron chi connectivity index (χ1n) is 11.7. The summed E-state index contributed by atoms with van der Waals surface area (Å²) in [4.78, 5) is 39.9. The number of Topliss-reactive ketones (excluding diaryl/α,β-unsaturated/α-hetero) is 1. The highest BCUT2D eigenvalue weighted by atomic mass is 35.5. The first-order valence-corrected chi connectivity index (χ1v) is 12.0. The number of nitrogens with zero attached hydrogens (tertiary/aromatic N) is 1. The van der Waals surface area contributed by atoms with E-state index in [9.17, 15) is 19.5 Å². The Balaban J connectivity index is 2.00. The second kappa shape index (κ2) is 10.6. The van der Waals surface area contributed by atoms with Gasteiger partial charge >= 0.3 is 5.97 Å². The van der Waals surface area contributed by atoms with Crippen LogP contribution >= 0.6 is 11.6 Å². The van der Waals surface area contributed by atoms with E-state index in [4.69, 9.17) is 25.8 Å². The lowest BCUT2D eigenvalue weighted by atomic mass is 9.94. The van der Waals surface area contributed by atoms with Gasteiger partial charge in [-0.25, -0.2) is 0 Å². The molecule has 1 aliphatic heterocycles. The number of hydrogen-bond donors (Lipinski definition) is 1. The molecule has 0 radical (unpaired) electrons. The van der Waals surface area contributed by atoms with E-state index < -0.39 is 29.5 Å². The van der Waals surface area contributed by atoms with Crippen molar-refractivity contribution in [3.8, 4) is 17.2 Å². The minimum absolute atomic E-state index is 0.109. The van der Waals surface area contributed by atoms with Crippen LogP contribution < -0.4 is 19.1 Å². The van der Waals surface area contributed by atoms with Crippen molar-refractivity contribution in [3.05, 3.63) is 87.4 Å². The van der Waals surface area contributed by atoms with E-state index in [-0.39, 0.29) is 27.7 Å². The molecule has 1 unspecified atom stereocenters. The number of amides is 1. The maximum atomic E-state index is 13.5. The second-order valence-corrected chi connectivity index (χ2v) is 9.20. The fourth-order valence-electron chi connectivity index (χ4n) is 4.39. The van der Waals surface area contributed by atoms with Gasteiger partial charge in [-0.3, -0.25) is 19.3 Å². The van der Waals surface area contributed by atoms with Crippen molar-refractivity contribution in [1.29, 1.82) is 0 Å². The number of aliphatic hydroxyl groups excluding tert-OH is 1. The van der Waals surface area contributed by atoms with Crippen LogP contribution in [0, 0.1) is 13.8 Å². The molecule has 1 amide bonds. The largest absolute Gasteiger partial charge is 0.507 e. The lowest BCUT2D eigenvalue weighted by molar-refractivity contribution is -0.132. The van der Waals surface area contributed by atoms with Gasteiger partial charge in [0.25, 0.3) is 11.7 Å². The summed E-state index contributed by atoms with van der Waals surface area (Å²) in [6.45, 7) is 5.11. The van der Waals surface area contributed by atoms with E-state index in [1.165, 1.54) is 38.2 Å². The van der Waals surface area contributed by atoms with E-state index >= 15 is 0 Å². The maximum Gasteiger partial charge on any atom is 0.308 e. The maximum absolute atomic E-state index is 13.5. The Morgan fingerprint density at radius 2 is 1.66 bits per heavy atom. The van der Waals surface area contributed by atoms with Crippen molar-refractivity contribution in [2.75, 3.05) is 19.1 Å². The molecule has 196 valence electrons. The number of carbonyl (C=O) groups excluding carboxylic acids is 3. The van der Waals surface area contributed by atoms with Crippen molar-refractivity contribution in [1.82, 2.24) is 0 Å². The minimum Gasteiger partial charge on any atom is -0.507 e. The molecule has 8 nitrogen and oxygen atoms in total. The number of aliphatic hydroxyl groups is 1. The third-order valence-electron chi connectivity index (χ3n) is 6.38. The smallest absolute Gasteiger partial charge is 0.308 e. The van der Waals surface area contributed by atoms with Crippen LogP contribution in [0.3, 0.4) is 0 Å². The van der Waals surface area contributed by atoms with Crippen LogP contribution in [0.1, 0.15) is 35.2 Å². The van der Waals surface area contributed by atoms with Crippen molar-refractivity contribution in [2.45, 2.75) is 26.8 Å². The first-order chi connectivity index (χ1) is 18.1. The molecule has 1 saturated heterocycles. The van der Waals surface area contributed by atoms with Crippen molar-refractivity contribution < 1.29 is 33.7 Å². The minimum atomic E-state index is -1.04. The van der Waals surface area contributed by atoms with Gasteiger partial charge in [-0.05, 0) is 60.9 Å². The van der Waals surface area contributed by atoms with Crippen LogP contribution in [-0.4, -0.2) is 37.0 Å². The Labute approximate surface area is 225 Å². The number of carbonyl (C=O) groups is 3. The predicted molar refractivity (Wildman–Crippen MR) is 143 cm³/mol. The van der Waals surface area contributed by atoms with Gasteiger partial charge in [0.1, 0.15) is 23.0 Å². The molecule has 0 aromatic heterocycles. The summed E-state index contributed by atoms with van der Waals surface area (Å²) in [5, 5.41) is 11.7. The van der Waals surface area contributed by atoms with Gasteiger partial charge in [0.2, 0.25) is 0 Å². The first kappa shape index (κ1) is 26.8. The number of aryl methyl sites for hydroxylation is 2. The molecule has 0 bridgehead atoms. The molecule has 1 fully saturated rings. The fraction of sp³-hybridized carbons (Fsp3) is 0.207. The normalized spacial score (nSPS) is 16.5. The summed E-state index contributed by atoms with van der Waals surface area (Å²) >= 11 is 6.33. The van der Waals surface area contributed by atoms with E-state index in [0.717, 1.165) is 11.1 Å². The van der Waals surface area contributed by atoms with E-state index in [2.05, 4.69) is 0 Å². The molecule has 9 heteroatoms. The standard InChI is InChI=1S/C29H26ClNO7/c1-15-9-10-19(11-16(15)2)31-26(18-7-6-8-20(12-18)38-17(3)32)25(28(34)29(31)35)27(33)21-13-22(30)24(37-5)14-23(21)36-4/h6-14,26,33H,1-5H3/b27-25+. The molecule has 0 aliphatic carbocycles. The van der Waals surface area contributed by atoms with Gasteiger partial charge in [-0.15, -0.1) is 0 Å². The molecule has 38 heavy (non-hydrogen) atoms.